The van der Waals surface area contributed by atoms with Crippen LogP contribution >= 0.6 is 0 Å². The van der Waals surface area contributed by atoms with Crippen molar-refractivity contribution in [1.29, 1.82) is 0 Å². The minimum absolute atomic E-state index is 0.422. The summed E-state index contributed by atoms with van der Waals surface area (Å²) in [4.78, 5) is 11.8. The van der Waals surface area contributed by atoms with E-state index in [1.165, 1.54) is 0 Å². The smallest absolute Gasteiger partial charge is 0.286 e. The summed E-state index contributed by atoms with van der Waals surface area (Å²) < 4.78 is 16.5. The minimum atomic E-state index is 0.422. The van der Waals surface area contributed by atoms with E-state index in [0.29, 0.717) is 30.8 Å². The second-order valence-corrected chi connectivity index (χ2v) is 7.57. The van der Waals surface area contributed by atoms with Crippen LogP contribution in [0.5, 0.6) is 11.5 Å². The fraction of sp³-hybridized carbons (Fsp3) is 0.417. The zero-order chi connectivity index (χ0) is 21.9. The first-order valence-corrected chi connectivity index (χ1v) is 10.5. The number of benzene rings is 2. The van der Waals surface area contributed by atoms with Gasteiger partial charge in [-0.1, -0.05) is 35.5 Å². The number of rotatable bonds is 8. The molecule has 0 amide bonds. The van der Waals surface area contributed by atoms with E-state index in [9.17, 15) is 0 Å². The van der Waals surface area contributed by atoms with Crippen LogP contribution in [0, 0.1) is 5.92 Å². The third-order valence-electron chi connectivity index (χ3n) is 4.89. The quantitative estimate of drug-likeness (QED) is 0.362. The van der Waals surface area contributed by atoms with E-state index >= 15 is 0 Å². The zero-order valence-corrected chi connectivity index (χ0v) is 18.5. The third kappa shape index (κ3) is 7.61. The number of aliphatic imine (C=N–C) groups is 1. The first-order chi connectivity index (χ1) is 15.1. The van der Waals surface area contributed by atoms with E-state index in [0.717, 1.165) is 42.9 Å². The third-order valence-corrected chi connectivity index (χ3v) is 4.89. The minimum Gasteiger partial charge on any atom is -0.489 e. The molecule has 0 bridgehead atoms. The van der Waals surface area contributed by atoms with Gasteiger partial charge in [0.1, 0.15) is 12.4 Å². The lowest BCUT2D eigenvalue weighted by molar-refractivity contribution is 0.0833. The van der Waals surface area contributed by atoms with Gasteiger partial charge in [0.2, 0.25) is 0 Å². The van der Waals surface area contributed by atoms with E-state index < -0.39 is 0 Å². The summed E-state index contributed by atoms with van der Waals surface area (Å²) in [5, 5.41) is 4.12. The van der Waals surface area contributed by atoms with E-state index in [4.69, 9.17) is 19.0 Å². The van der Waals surface area contributed by atoms with Crippen molar-refractivity contribution in [3.05, 3.63) is 59.7 Å². The summed E-state index contributed by atoms with van der Waals surface area (Å²) in [6.45, 7) is 2.62. The van der Waals surface area contributed by atoms with Crippen LogP contribution in [-0.2, 0) is 22.6 Å². The normalized spacial score (nSPS) is 15.1. The Morgan fingerprint density at radius 3 is 2.48 bits per heavy atom. The molecule has 0 spiro atoms. The van der Waals surface area contributed by atoms with Gasteiger partial charge in [-0.15, -0.1) is 0 Å². The number of methoxy groups -OCH3 is 1. The molecule has 1 aliphatic heterocycles. The molecule has 0 aliphatic carbocycles. The van der Waals surface area contributed by atoms with Crippen molar-refractivity contribution < 1.29 is 19.0 Å². The van der Waals surface area contributed by atoms with Crippen molar-refractivity contribution in [2.45, 2.75) is 26.0 Å². The molecule has 0 atom stereocenters. The highest BCUT2D eigenvalue weighted by Crippen LogP contribution is 2.21. The summed E-state index contributed by atoms with van der Waals surface area (Å²) in [5.74, 6) is 1.82. The molecule has 2 aromatic rings. The highest BCUT2D eigenvalue weighted by Gasteiger charge is 2.11. The van der Waals surface area contributed by atoms with Crippen molar-refractivity contribution >= 4 is 12.2 Å². The van der Waals surface area contributed by atoms with E-state index in [-0.39, 0.29) is 0 Å². The van der Waals surface area contributed by atoms with Crippen LogP contribution in [0.25, 0.3) is 0 Å². The molecule has 7 nitrogen and oxygen atoms in total. The maximum Gasteiger partial charge on any atom is 0.286 e. The number of nitrogens with zero attached hydrogens (tertiary/aromatic N) is 3. The number of oxime groups is 1. The first-order valence-electron chi connectivity index (χ1n) is 10.5. The first kappa shape index (κ1) is 22.6. The van der Waals surface area contributed by atoms with Crippen LogP contribution in [0.1, 0.15) is 24.0 Å². The van der Waals surface area contributed by atoms with Gasteiger partial charge in [-0.25, -0.2) is 4.99 Å². The fourth-order valence-electron chi connectivity index (χ4n) is 3.12. The van der Waals surface area contributed by atoms with Gasteiger partial charge in [-0.05, 0) is 36.1 Å². The molecule has 0 radical (unpaired) electrons. The Hall–Kier alpha value is -3.06. The Morgan fingerprint density at radius 1 is 1.06 bits per heavy atom. The molecule has 0 N–H and O–H groups in total. The molecule has 0 unspecified atom stereocenters. The van der Waals surface area contributed by atoms with Crippen LogP contribution in [0.15, 0.2) is 58.7 Å². The lowest BCUT2D eigenvalue weighted by Gasteiger charge is -2.17. The second-order valence-electron chi connectivity index (χ2n) is 7.57. The molecule has 2 aromatic carbocycles. The SMILES string of the molecule is COC(=NCc1ccc(COc2cccc(ON=CC3CCOCC3)c2)cc1)N(C)C. The largest absolute Gasteiger partial charge is 0.489 e. The summed E-state index contributed by atoms with van der Waals surface area (Å²) in [5.41, 5.74) is 2.19. The van der Waals surface area contributed by atoms with Crippen LogP contribution in [0.4, 0.5) is 0 Å². The van der Waals surface area contributed by atoms with Gasteiger partial charge < -0.3 is 23.9 Å². The summed E-state index contributed by atoms with van der Waals surface area (Å²) >= 11 is 0. The van der Waals surface area contributed by atoms with Gasteiger partial charge in [-0.2, -0.15) is 0 Å². The molecule has 0 aromatic heterocycles. The average molecular weight is 426 g/mol. The standard InChI is InChI=1S/C24H31N3O4/c1-27(2)24(28-3)25-16-19-7-9-21(10-8-19)18-30-22-5-4-6-23(15-22)31-26-17-20-11-13-29-14-12-20/h4-10,15,17,20H,11-14,16,18H2,1-3H3. The number of hydrogen-bond acceptors (Lipinski definition) is 6. The molecular formula is C24H31N3O4. The monoisotopic (exact) mass is 425 g/mol. The molecule has 1 heterocycles. The second kappa shape index (κ2) is 12.0. The van der Waals surface area contributed by atoms with Crippen LogP contribution in [0.3, 0.4) is 0 Å². The van der Waals surface area contributed by atoms with Crippen molar-refractivity contribution in [2.75, 3.05) is 34.4 Å². The summed E-state index contributed by atoms with van der Waals surface area (Å²) in [7, 11) is 5.43. The highest BCUT2D eigenvalue weighted by atomic mass is 16.6. The Balaban J connectivity index is 1.48. The van der Waals surface area contributed by atoms with E-state index in [1.54, 1.807) is 7.11 Å². The Labute approximate surface area is 184 Å². The Kier molecular flexibility index (Phi) is 8.72. The van der Waals surface area contributed by atoms with Gasteiger partial charge in [0.15, 0.2) is 5.75 Å². The van der Waals surface area contributed by atoms with E-state index in [2.05, 4.69) is 22.3 Å². The Bertz CT molecular complexity index is 859. The van der Waals surface area contributed by atoms with Gasteiger partial charge in [0.25, 0.3) is 6.02 Å². The maximum absolute atomic E-state index is 5.91. The lowest BCUT2D eigenvalue weighted by atomic mass is 10.0. The molecule has 1 fully saturated rings. The van der Waals surface area contributed by atoms with Gasteiger partial charge >= 0.3 is 0 Å². The molecule has 3 rings (SSSR count). The van der Waals surface area contributed by atoms with Gasteiger partial charge in [0.05, 0.1) is 13.7 Å². The highest BCUT2D eigenvalue weighted by molar-refractivity contribution is 5.73. The number of amidine groups is 1. The lowest BCUT2D eigenvalue weighted by Crippen LogP contribution is -2.23. The molecular weight excluding hydrogens is 394 g/mol. The number of ether oxygens (including phenoxy) is 3. The Morgan fingerprint density at radius 2 is 1.77 bits per heavy atom. The van der Waals surface area contributed by atoms with Gasteiger partial charge in [0, 0.05) is 45.5 Å². The van der Waals surface area contributed by atoms with Crippen LogP contribution in [0.2, 0.25) is 0 Å². The maximum atomic E-state index is 5.91. The predicted molar refractivity (Wildman–Crippen MR) is 122 cm³/mol. The summed E-state index contributed by atoms with van der Waals surface area (Å²) in [6.07, 6.45) is 3.85. The molecule has 31 heavy (non-hydrogen) atoms. The zero-order valence-electron chi connectivity index (χ0n) is 18.5. The van der Waals surface area contributed by atoms with Crippen molar-refractivity contribution in [2.24, 2.45) is 16.1 Å². The van der Waals surface area contributed by atoms with Crippen molar-refractivity contribution in [3.63, 3.8) is 0 Å². The number of hydrogen-bond donors (Lipinski definition) is 0. The van der Waals surface area contributed by atoms with E-state index in [1.807, 2.05) is 61.6 Å². The van der Waals surface area contributed by atoms with Crippen LogP contribution < -0.4 is 9.57 Å². The predicted octanol–water partition coefficient (Wildman–Crippen LogP) is 4.12. The molecule has 1 aliphatic rings. The van der Waals surface area contributed by atoms with Crippen molar-refractivity contribution in [1.82, 2.24) is 4.90 Å². The fourth-order valence-corrected chi connectivity index (χ4v) is 3.12. The molecule has 1 saturated heterocycles. The topological polar surface area (TPSA) is 64.9 Å². The molecule has 7 heteroatoms. The molecule has 166 valence electrons. The average Bonchev–Trinajstić information content (AvgIpc) is 2.80. The van der Waals surface area contributed by atoms with Crippen LogP contribution in [-0.4, -0.2) is 51.6 Å². The summed E-state index contributed by atoms with van der Waals surface area (Å²) in [6, 6.07) is 16.3. The van der Waals surface area contributed by atoms with Crippen molar-refractivity contribution in [3.8, 4) is 11.5 Å². The van der Waals surface area contributed by atoms with Gasteiger partial charge in [-0.3, -0.25) is 0 Å². The molecule has 0 saturated carbocycles.